The summed E-state index contributed by atoms with van der Waals surface area (Å²) in [6.07, 6.45) is 4.18. The molecule has 0 spiro atoms. The van der Waals surface area contributed by atoms with Gasteiger partial charge in [-0.15, -0.1) is 0 Å². The van der Waals surface area contributed by atoms with Crippen LogP contribution >= 0.6 is 11.8 Å². The lowest BCUT2D eigenvalue weighted by Gasteiger charge is -2.18. The van der Waals surface area contributed by atoms with Gasteiger partial charge in [-0.25, -0.2) is 4.98 Å². The summed E-state index contributed by atoms with van der Waals surface area (Å²) < 4.78 is 5.70. The van der Waals surface area contributed by atoms with Crippen molar-refractivity contribution in [3.63, 3.8) is 0 Å². The smallest absolute Gasteiger partial charge is 0.217 e. The maximum Gasteiger partial charge on any atom is 0.217 e. The Labute approximate surface area is 121 Å². The highest BCUT2D eigenvalue weighted by Gasteiger charge is 2.08. The van der Waals surface area contributed by atoms with Crippen LogP contribution in [-0.4, -0.2) is 40.8 Å². The molecule has 0 aliphatic rings. The Hall–Kier alpha value is -0.810. The van der Waals surface area contributed by atoms with E-state index in [1.807, 2.05) is 12.3 Å². The zero-order valence-electron chi connectivity index (χ0n) is 12.5. The fraction of sp³-hybridized carbons (Fsp3) is 0.714. The van der Waals surface area contributed by atoms with Gasteiger partial charge in [0.05, 0.1) is 12.3 Å². The van der Waals surface area contributed by atoms with Gasteiger partial charge in [0.1, 0.15) is 0 Å². The summed E-state index contributed by atoms with van der Waals surface area (Å²) in [4.78, 5) is 11.3. The highest BCUT2D eigenvalue weighted by Crippen LogP contribution is 2.17. The first-order valence-electron chi connectivity index (χ1n) is 7.00. The van der Waals surface area contributed by atoms with Crippen LogP contribution < -0.4 is 4.74 Å². The summed E-state index contributed by atoms with van der Waals surface area (Å²) in [7, 11) is 0. The Morgan fingerprint density at radius 1 is 1.21 bits per heavy atom. The number of hydrogen-bond acceptors (Lipinski definition) is 5. The van der Waals surface area contributed by atoms with Crippen LogP contribution in [0.5, 0.6) is 5.88 Å². The molecular formula is C14H25N3OS. The molecule has 4 nitrogen and oxygen atoms in total. The minimum absolute atomic E-state index is 0.704. The van der Waals surface area contributed by atoms with E-state index >= 15 is 0 Å². The van der Waals surface area contributed by atoms with Crippen LogP contribution in [0.15, 0.2) is 11.2 Å². The van der Waals surface area contributed by atoms with Gasteiger partial charge < -0.3 is 4.74 Å². The van der Waals surface area contributed by atoms with E-state index in [2.05, 4.69) is 35.6 Å². The molecule has 0 amide bonds. The number of ether oxygens (including phenoxy) is 1. The molecule has 0 N–H and O–H groups in total. The molecule has 0 saturated carbocycles. The monoisotopic (exact) mass is 283 g/mol. The quantitative estimate of drug-likeness (QED) is 0.395. The molecule has 1 aromatic heterocycles. The molecule has 1 heterocycles. The maximum absolute atomic E-state index is 5.70. The molecule has 1 aromatic rings. The zero-order valence-corrected chi connectivity index (χ0v) is 13.3. The second kappa shape index (κ2) is 9.15. The maximum atomic E-state index is 5.70. The van der Waals surface area contributed by atoms with Crippen LogP contribution in [0, 0.1) is 0 Å². The minimum Gasteiger partial charge on any atom is -0.478 e. The van der Waals surface area contributed by atoms with Crippen LogP contribution in [0.25, 0.3) is 0 Å². The number of nitrogens with zero attached hydrogens (tertiary/aromatic N) is 3. The fourth-order valence-electron chi connectivity index (χ4n) is 1.69. The fourth-order valence-corrected chi connectivity index (χ4v) is 2.08. The van der Waals surface area contributed by atoms with E-state index in [0.717, 1.165) is 49.9 Å². The van der Waals surface area contributed by atoms with Crippen molar-refractivity contribution in [1.82, 2.24) is 14.9 Å². The summed E-state index contributed by atoms with van der Waals surface area (Å²) in [5, 5.41) is 0.788. The third-order valence-corrected chi connectivity index (χ3v) is 3.49. The Kier molecular flexibility index (Phi) is 7.82. The molecule has 0 fully saturated rings. The molecule has 0 radical (unpaired) electrons. The number of rotatable bonds is 9. The van der Waals surface area contributed by atoms with Crippen molar-refractivity contribution < 1.29 is 4.74 Å². The Balaban J connectivity index is 2.76. The number of thioether (sulfide) groups is 1. The molecule has 0 aliphatic carbocycles. The molecule has 0 unspecified atom stereocenters. The van der Waals surface area contributed by atoms with Crippen molar-refractivity contribution >= 4 is 11.8 Å². The molecule has 0 aromatic carbocycles. The van der Waals surface area contributed by atoms with Gasteiger partial charge in [0.2, 0.25) is 5.88 Å². The molecule has 5 heteroatoms. The average Bonchev–Trinajstić information content (AvgIpc) is 2.44. The van der Waals surface area contributed by atoms with E-state index in [1.54, 1.807) is 11.8 Å². The van der Waals surface area contributed by atoms with Gasteiger partial charge in [0.15, 0.2) is 5.16 Å². The second-order valence-corrected chi connectivity index (χ2v) is 5.12. The van der Waals surface area contributed by atoms with Crippen molar-refractivity contribution in [1.29, 1.82) is 0 Å². The SMILES string of the molecule is CCCCOc1cc(CN(CC)CC)nc(SC)n1. The molecule has 0 saturated heterocycles. The first-order valence-corrected chi connectivity index (χ1v) is 8.23. The van der Waals surface area contributed by atoms with Gasteiger partial charge in [0.25, 0.3) is 0 Å². The topological polar surface area (TPSA) is 38.2 Å². The summed E-state index contributed by atoms with van der Waals surface area (Å²) in [5.74, 6) is 0.704. The average molecular weight is 283 g/mol. The van der Waals surface area contributed by atoms with Crippen molar-refractivity contribution in [3.05, 3.63) is 11.8 Å². The second-order valence-electron chi connectivity index (χ2n) is 4.35. The number of hydrogen-bond donors (Lipinski definition) is 0. The lowest BCUT2D eigenvalue weighted by Crippen LogP contribution is -2.23. The number of unbranched alkanes of at least 4 members (excludes halogenated alkanes) is 1. The Bertz CT molecular complexity index is 370. The standard InChI is InChI=1S/C14H25N3OS/c1-5-8-9-18-13-10-12(11-17(6-2)7-3)15-14(16-13)19-4/h10H,5-9,11H2,1-4H3. The normalized spacial score (nSPS) is 11.0. The highest BCUT2D eigenvalue weighted by atomic mass is 32.2. The van der Waals surface area contributed by atoms with Crippen LogP contribution in [0.1, 0.15) is 39.3 Å². The molecule has 19 heavy (non-hydrogen) atoms. The lowest BCUT2D eigenvalue weighted by molar-refractivity contribution is 0.280. The molecule has 0 aliphatic heterocycles. The summed E-state index contributed by atoms with van der Waals surface area (Å²) in [6.45, 7) is 10.1. The molecule has 108 valence electrons. The Morgan fingerprint density at radius 3 is 2.53 bits per heavy atom. The molecule has 0 bridgehead atoms. The Morgan fingerprint density at radius 2 is 1.95 bits per heavy atom. The summed E-state index contributed by atoms with van der Waals surface area (Å²) in [5.41, 5.74) is 1.04. The van der Waals surface area contributed by atoms with E-state index in [4.69, 9.17) is 4.74 Å². The van der Waals surface area contributed by atoms with E-state index in [-0.39, 0.29) is 0 Å². The molecular weight excluding hydrogens is 258 g/mol. The van der Waals surface area contributed by atoms with Crippen molar-refractivity contribution in [2.75, 3.05) is 26.0 Å². The van der Waals surface area contributed by atoms with Gasteiger partial charge >= 0.3 is 0 Å². The summed E-state index contributed by atoms with van der Waals surface area (Å²) >= 11 is 1.56. The predicted octanol–water partition coefficient (Wildman–Crippen LogP) is 3.22. The van der Waals surface area contributed by atoms with E-state index in [0.29, 0.717) is 5.88 Å². The largest absolute Gasteiger partial charge is 0.478 e. The minimum atomic E-state index is 0.704. The third-order valence-electron chi connectivity index (χ3n) is 2.95. The molecule has 0 atom stereocenters. The van der Waals surface area contributed by atoms with E-state index in [9.17, 15) is 0 Å². The van der Waals surface area contributed by atoms with Crippen molar-refractivity contribution in [2.45, 2.75) is 45.3 Å². The number of aromatic nitrogens is 2. The summed E-state index contributed by atoms with van der Waals surface area (Å²) in [6, 6.07) is 1.97. The zero-order chi connectivity index (χ0) is 14.1. The van der Waals surface area contributed by atoms with Crippen LogP contribution in [0.2, 0.25) is 0 Å². The van der Waals surface area contributed by atoms with E-state index < -0.39 is 0 Å². The first-order chi connectivity index (χ1) is 9.23. The van der Waals surface area contributed by atoms with Crippen LogP contribution in [0.4, 0.5) is 0 Å². The predicted molar refractivity (Wildman–Crippen MR) is 80.8 cm³/mol. The first kappa shape index (κ1) is 16.2. The van der Waals surface area contributed by atoms with Gasteiger partial charge in [-0.2, -0.15) is 4.98 Å². The highest BCUT2D eigenvalue weighted by molar-refractivity contribution is 7.98. The molecule has 1 rings (SSSR count). The van der Waals surface area contributed by atoms with Crippen molar-refractivity contribution in [3.8, 4) is 5.88 Å². The van der Waals surface area contributed by atoms with Crippen LogP contribution in [0.3, 0.4) is 0 Å². The van der Waals surface area contributed by atoms with Gasteiger partial charge in [-0.05, 0) is 25.8 Å². The van der Waals surface area contributed by atoms with Crippen LogP contribution in [-0.2, 0) is 6.54 Å². The van der Waals surface area contributed by atoms with Gasteiger partial charge in [-0.3, -0.25) is 4.90 Å². The third kappa shape index (κ3) is 5.78. The van der Waals surface area contributed by atoms with Gasteiger partial charge in [-0.1, -0.05) is 39.0 Å². The van der Waals surface area contributed by atoms with Crippen molar-refractivity contribution in [2.24, 2.45) is 0 Å². The van der Waals surface area contributed by atoms with Gasteiger partial charge in [0, 0.05) is 12.6 Å². The van der Waals surface area contributed by atoms with E-state index in [1.165, 1.54) is 0 Å². The lowest BCUT2D eigenvalue weighted by atomic mass is 10.3.